The Kier molecular flexibility index (Phi) is 3.28. The molecule has 0 aliphatic rings. The summed E-state index contributed by atoms with van der Waals surface area (Å²) in [6, 6.07) is 3.84. The molecule has 1 aromatic heterocycles. The van der Waals surface area contributed by atoms with E-state index in [1.807, 2.05) is 32.9 Å². The molecular weight excluding hydrogens is 234 g/mol. The smallest absolute Gasteiger partial charge is 0.298 e. The fraction of sp³-hybridized carbons (Fsp3) is 0.333. The molecule has 0 saturated heterocycles. The molecule has 5 heteroatoms. The van der Waals surface area contributed by atoms with Gasteiger partial charge in [-0.25, -0.2) is 0 Å². The van der Waals surface area contributed by atoms with Gasteiger partial charge in [-0.2, -0.15) is 9.36 Å². The van der Waals surface area contributed by atoms with E-state index in [1.165, 1.54) is 11.5 Å². The molecule has 0 unspecified atom stereocenters. The monoisotopic (exact) mass is 249 g/mol. The van der Waals surface area contributed by atoms with E-state index in [1.54, 1.807) is 0 Å². The van der Waals surface area contributed by atoms with Gasteiger partial charge in [-0.1, -0.05) is 13.0 Å². The molecule has 0 fully saturated rings. The summed E-state index contributed by atoms with van der Waals surface area (Å²) in [4.78, 5) is 4.26. The minimum Gasteiger partial charge on any atom is -0.429 e. The van der Waals surface area contributed by atoms with E-state index in [2.05, 4.69) is 9.36 Å². The van der Waals surface area contributed by atoms with Crippen LogP contribution in [0.15, 0.2) is 12.1 Å². The molecule has 2 N–H and O–H groups in total. The highest BCUT2D eigenvalue weighted by atomic mass is 32.1. The minimum atomic E-state index is 0.563. The van der Waals surface area contributed by atoms with Crippen LogP contribution in [-0.2, 0) is 6.42 Å². The number of hydrogen-bond donors (Lipinski definition) is 1. The van der Waals surface area contributed by atoms with E-state index in [4.69, 9.17) is 10.5 Å². The van der Waals surface area contributed by atoms with Crippen LogP contribution in [0.2, 0.25) is 0 Å². The van der Waals surface area contributed by atoms with Crippen molar-refractivity contribution < 1.29 is 4.74 Å². The predicted octanol–water partition coefficient (Wildman–Crippen LogP) is 3.09. The van der Waals surface area contributed by atoms with Gasteiger partial charge in [0.25, 0.3) is 5.19 Å². The van der Waals surface area contributed by atoms with Crippen LogP contribution in [0.1, 0.15) is 23.9 Å². The zero-order valence-electron chi connectivity index (χ0n) is 10.2. The lowest BCUT2D eigenvalue weighted by molar-refractivity contribution is 0.474. The Labute approximate surface area is 105 Å². The van der Waals surface area contributed by atoms with Crippen molar-refractivity contribution in [1.29, 1.82) is 0 Å². The lowest BCUT2D eigenvalue weighted by Crippen LogP contribution is -1.94. The quantitative estimate of drug-likeness (QED) is 0.849. The number of rotatable bonds is 3. The first-order chi connectivity index (χ1) is 8.10. The fourth-order valence-corrected chi connectivity index (χ4v) is 2.10. The molecule has 0 aliphatic heterocycles. The third-order valence-corrected chi connectivity index (χ3v) is 3.16. The molecule has 0 bridgehead atoms. The second kappa shape index (κ2) is 4.71. The standard InChI is InChI=1S/C12H15N3OS/c1-4-11-14-12(17-15-11)16-10-6-9(13)7(2)5-8(10)3/h5-6H,4,13H2,1-3H3. The maximum absolute atomic E-state index is 5.86. The summed E-state index contributed by atoms with van der Waals surface area (Å²) in [5.41, 5.74) is 8.69. The van der Waals surface area contributed by atoms with Crippen LogP contribution in [-0.4, -0.2) is 9.36 Å². The highest BCUT2D eigenvalue weighted by molar-refractivity contribution is 7.07. The first-order valence-electron chi connectivity index (χ1n) is 5.47. The molecule has 90 valence electrons. The molecule has 1 aromatic carbocycles. The van der Waals surface area contributed by atoms with Crippen LogP contribution in [0.3, 0.4) is 0 Å². The number of aryl methyl sites for hydroxylation is 3. The van der Waals surface area contributed by atoms with Gasteiger partial charge in [0.15, 0.2) is 0 Å². The highest BCUT2D eigenvalue weighted by Gasteiger charge is 2.08. The van der Waals surface area contributed by atoms with E-state index in [-0.39, 0.29) is 0 Å². The van der Waals surface area contributed by atoms with Crippen LogP contribution in [0.5, 0.6) is 10.9 Å². The second-order valence-electron chi connectivity index (χ2n) is 3.91. The van der Waals surface area contributed by atoms with Crippen molar-refractivity contribution in [3.8, 4) is 10.9 Å². The normalized spacial score (nSPS) is 10.5. The largest absolute Gasteiger partial charge is 0.429 e. The van der Waals surface area contributed by atoms with Gasteiger partial charge < -0.3 is 10.5 Å². The molecule has 4 nitrogen and oxygen atoms in total. The maximum Gasteiger partial charge on any atom is 0.298 e. The Morgan fingerprint density at radius 3 is 2.71 bits per heavy atom. The summed E-state index contributed by atoms with van der Waals surface area (Å²) in [5, 5.41) is 0.563. The molecule has 0 radical (unpaired) electrons. The van der Waals surface area contributed by atoms with Crippen molar-refractivity contribution in [2.75, 3.05) is 5.73 Å². The third kappa shape index (κ3) is 2.55. The first kappa shape index (κ1) is 11.9. The number of nitrogens with two attached hydrogens (primary N) is 1. The van der Waals surface area contributed by atoms with Crippen LogP contribution in [0, 0.1) is 13.8 Å². The predicted molar refractivity (Wildman–Crippen MR) is 69.7 cm³/mol. The van der Waals surface area contributed by atoms with Gasteiger partial charge in [0.2, 0.25) is 0 Å². The van der Waals surface area contributed by atoms with Crippen LogP contribution >= 0.6 is 11.5 Å². The molecule has 0 atom stereocenters. The summed E-state index contributed by atoms with van der Waals surface area (Å²) in [6.07, 6.45) is 0.814. The van der Waals surface area contributed by atoms with Crippen LogP contribution in [0.4, 0.5) is 5.69 Å². The van der Waals surface area contributed by atoms with Gasteiger partial charge >= 0.3 is 0 Å². The van der Waals surface area contributed by atoms with Gasteiger partial charge in [-0.05, 0) is 25.0 Å². The third-order valence-electron chi connectivity index (χ3n) is 2.53. The van der Waals surface area contributed by atoms with E-state index >= 15 is 0 Å². The zero-order chi connectivity index (χ0) is 12.4. The van der Waals surface area contributed by atoms with Gasteiger partial charge in [0.1, 0.15) is 11.6 Å². The number of anilines is 1. The number of hydrogen-bond acceptors (Lipinski definition) is 5. The minimum absolute atomic E-state index is 0.563. The summed E-state index contributed by atoms with van der Waals surface area (Å²) < 4.78 is 9.87. The summed E-state index contributed by atoms with van der Waals surface area (Å²) in [7, 11) is 0. The summed E-state index contributed by atoms with van der Waals surface area (Å²) in [6.45, 7) is 5.98. The number of aromatic nitrogens is 2. The molecule has 2 rings (SSSR count). The molecule has 0 saturated carbocycles. The Hall–Kier alpha value is -1.62. The Balaban J connectivity index is 2.26. The second-order valence-corrected chi connectivity index (χ2v) is 4.62. The van der Waals surface area contributed by atoms with Crippen molar-refractivity contribution in [1.82, 2.24) is 9.36 Å². The molecule has 0 spiro atoms. The number of nitrogens with zero attached hydrogens (tertiary/aromatic N) is 2. The Bertz CT molecular complexity index is 537. The van der Waals surface area contributed by atoms with E-state index in [0.29, 0.717) is 5.19 Å². The van der Waals surface area contributed by atoms with E-state index in [0.717, 1.165) is 34.8 Å². The Morgan fingerprint density at radius 2 is 2.06 bits per heavy atom. The van der Waals surface area contributed by atoms with Crippen molar-refractivity contribution in [3.63, 3.8) is 0 Å². The molecular formula is C12H15N3OS. The van der Waals surface area contributed by atoms with Crippen molar-refractivity contribution >= 4 is 17.2 Å². The fourth-order valence-electron chi connectivity index (χ4n) is 1.48. The van der Waals surface area contributed by atoms with E-state index in [9.17, 15) is 0 Å². The van der Waals surface area contributed by atoms with Gasteiger partial charge in [0, 0.05) is 29.7 Å². The maximum atomic E-state index is 5.86. The zero-order valence-corrected chi connectivity index (χ0v) is 11.0. The first-order valence-corrected chi connectivity index (χ1v) is 6.24. The molecule has 1 heterocycles. The molecule has 2 aromatic rings. The van der Waals surface area contributed by atoms with Gasteiger partial charge in [0.05, 0.1) is 0 Å². The van der Waals surface area contributed by atoms with Crippen molar-refractivity contribution in [2.45, 2.75) is 27.2 Å². The van der Waals surface area contributed by atoms with Gasteiger partial charge in [-0.3, -0.25) is 0 Å². The van der Waals surface area contributed by atoms with Gasteiger partial charge in [-0.15, -0.1) is 0 Å². The van der Waals surface area contributed by atoms with E-state index < -0.39 is 0 Å². The average molecular weight is 249 g/mol. The molecule has 0 aliphatic carbocycles. The number of ether oxygens (including phenoxy) is 1. The highest BCUT2D eigenvalue weighted by Crippen LogP contribution is 2.29. The van der Waals surface area contributed by atoms with Crippen molar-refractivity contribution in [3.05, 3.63) is 29.1 Å². The lowest BCUT2D eigenvalue weighted by Gasteiger charge is -2.08. The van der Waals surface area contributed by atoms with Crippen LogP contribution in [0.25, 0.3) is 0 Å². The van der Waals surface area contributed by atoms with Crippen LogP contribution < -0.4 is 10.5 Å². The molecule has 0 amide bonds. The number of benzene rings is 1. The molecule has 17 heavy (non-hydrogen) atoms. The average Bonchev–Trinajstić information content (AvgIpc) is 2.73. The Morgan fingerprint density at radius 1 is 1.29 bits per heavy atom. The summed E-state index contributed by atoms with van der Waals surface area (Å²) >= 11 is 1.26. The van der Waals surface area contributed by atoms with Crippen molar-refractivity contribution in [2.24, 2.45) is 0 Å². The summed E-state index contributed by atoms with van der Waals surface area (Å²) in [5.74, 6) is 1.55. The topological polar surface area (TPSA) is 61.0 Å². The number of nitrogen functional groups attached to an aromatic ring is 1. The SMILES string of the molecule is CCc1nsc(Oc2cc(N)c(C)cc2C)n1. The lowest BCUT2D eigenvalue weighted by atomic mass is 10.1.